The van der Waals surface area contributed by atoms with E-state index in [0.29, 0.717) is 19.4 Å². The molecule has 6 atom stereocenters. The average Bonchev–Trinajstić information content (AvgIpc) is 3.16. The van der Waals surface area contributed by atoms with Gasteiger partial charge in [-0.1, -0.05) is 30.4 Å². The minimum Gasteiger partial charge on any atom is -0.491 e. The zero-order valence-corrected chi connectivity index (χ0v) is 18.3. The molecular formula is C25H36O6. The van der Waals surface area contributed by atoms with Gasteiger partial charge in [-0.2, -0.15) is 0 Å². The molecule has 3 aliphatic rings. The third kappa shape index (κ3) is 7.29. The summed E-state index contributed by atoms with van der Waals surface area (Å²) < 4.78 is 29.9. The van der Waals surface area contributed by atoms with E-state index in [1.165, 1.54) is 0 Å². The minimum absolute atomic E-state index is 0.0315. The van der Waals surface area contributed by atoms with Gasteiger partial charge in [0.1, 0.15) is 18.5 Å². The van der Waals surface area contributed by atoms with Crippen molar-refractivity contribution in [2.24, 2.45) is 5.92 Å². The highest BCUT2D eigenvalue weighted by Gasteiger charge is 2.35. The van der Waals surface area contributed by atoms with E-state index in [9.17, 15) is 5.11 Å². The molecule has 0 amide bonds. The predicted octanol–water partition coefficient (Wildman–Crippen LogP) is 4.22. The van der Waals surface area contributed by atoms with Crippen molar-refractivity contribution in [3.63, 3.8) is 0 Å². The maximum Gasteiger partial charge on any atom is 0.158 e. The zero-order valence-electron chi connectivity index (χ0n) is 18.3. The Labute approximate surface area is 185 Å². The zero-order chi connectivity index (χ0) is 21.3. The first-order valence-electron chi connectivity index (χ1n) is 11.8. The van der Waals surface area contributed by atoms with Gasteiger partial charge < -0.3 is 28.8 Å². The van der Waals surface area contributed by atoms with Crippen molar-refractivity contribution < 1.29 is 28.8 Å². The van der Waals surface area contributed by atoms with E-state index in [1.807, 2.05) is 30.3 Å². The third-order valence-corrected chi connectivity index (χ3v) is 6.19. The Bertz CT molecular complexity index is 653. The number of hydrogen-bond acceptors (Lipinski definition) is 6. The highest BCUT2D eigenvalue weighted by atomic mass is 16.7. The normalized spacial score (nSPS) is 32.9. The lowest BCUT2D eigenvalue weighted by Gasteiger charge is -2.28. The van der Waals surface area contributed by atoms with Gasteiger partial charge in [-0.3, -0.25) is 0 Å². The van der Waals surface area contributed by atoms with Gasteiger partial charge in [-0.25, -0.2) is 0 Å². The topological polar surface area (TPSA) is 66.4 Å². The number of aliphatic hydroxyl groups is 1. The van der Waals surface area contributed by atoms with Crippen LogP contribution in [0.15, 0.2) is 42.5 Å². The van der Waals surface area contributed by atoms with Crippen molar-refractivity contribution in [3.05, 3.63) is 42.5 Å². The number of rotatable bonds is 9. The average molecular weight is 433 g/mol. The van der Waals surface area contributed by atoms with Gasteiger partial charge in [0.05, 0.1) is 12.2 Å². The summed E-state index contributed by atoms with van der Waals surface area (Å²) in [7, 11) is 0. The van der Waals surface area contributed by atoms with Crippen LogP contribution in [-0.2, 0) is 18.9 Å². The Kier molecular flexibility index (Phi) is 8.79. The Morgan fingerprint density at radius 1 is 0.968 bits per heavy atom. The van der Waals surface area contributed by atoms with E-state index in [1.54, 1.807) is 0 Å². The van der Waals surface area contributed by atoms with Crippen LogP contribution in [0.2, 0.25) is 0 Å². The lowest BCUT2D eigenvalue weighted by molar-refractivity contribution is -0.192. The van der Waals surface area contributed by atoms with Crippen LogP contribution >= 0.6 is 0 Å². The molecule has 0 aromatic heterocycles. The van der Waals surface area contributed by atoms with Crippen LogP contribution < -0.4 is 4.74 Å². The molecule has 1 saturated carbocycles. The van der Waals surface area contributed by atoms with Crippen molar-refractivity contribution >= 4 is 0 Å². The molecule has 1 N–H and O–H groups in total. The molecule has 1 aliphatic carbocycles. The molecule has 6 heteroatoms. The second-order valence-corrected chi connectivity index (χ2v) is 8.74. The number of aliphatic hydroxyl groups excluding tert-OH is 1. The van der Waals surface area contributed by atoms with Gasteiger partial charge in [0.25, 0.3) is 0 Å². The Morgan fingerprint density at radius 2 is 1.71 bits per heavy atom. The molecule has 3 fully saturated rings. The fourth-order valence-corrected chi connectivity index (χ4v) is 4.49. The van der Waals surface area contributed by atoms with Crippen LogP contribution in [0.4, 0.5) is 0 Å². The van der Waals surface area contributed by atoms with Crippen molar-refractivity contribution in [2.45, 2.75) is 82.3 Å². The molecule has 1 aromatic rings. The third-order valence-electron chi connectivity index (χ3n) is 6.19. The van der Waals surface area contributed by atoms with E-state index in [-0.39, 0.29) is 36.8 Å². The summed E-state index contributed by atoms with van der Waals surface area (Å²) in [5.41, 5.74) is 0. The fourth-order valence-electron chi connectivity index (χ4n) is 4.49. The predicted molar refractivity (Wildman–Crippen MR) is 117 cm³/mol. The molecule has 172 valence electrons. The van der Waals surface area contributed by atoms with Gasteiger partial charge in [0, 0.05) is 25.6 Å². The second-order valence-electron chi connectivity index (χ2n) is 8.74. The van der Waals surface area contributed by atoms with Gasteiger partial charge in [0.15, 0.2) is 12.6 Å². The molecule has 6 unspecified atom stereocenters. The number of benzene rings is 1. The second kappa shape index (κ2) is 12.0. The van der Waals surface area contributed by atoms with Gasteiger partial charge in [0.2, 0.25) is 0 Å². The number of ether oxygens (including phenoxy) is 5. The Hall–Kier alpha value is -1.44. The molecule has 2 aliphatic heterocycles. The van der Waals surface area contributed by atoms with Gasteiger partial charge >= 0.3 is 0 Å². The van der Waals surface area contributed by atoms with Gasteiger partial charge in [-0.05, 0) is 57.1 Å². The summed E-state index contributed by atoms with van der Waals surface area (Å²) in [5, 5.41) is 10.2. The van der Waals surface area contributed by atoms with E-state index in [4.69, 9.17) is 23.7 Å². The molecule has 6 nitrogen and oxygen atoms in total. The number of para-hydroxylation sites is 1. The Morgan fingerprint density at radius 3 is 2.42 bits per heavy atom. The molecule has 2 heterocycles. The largest absolute Gasteiger partial charge is 0.491 e. The maximum atomic E-state index is 10.2. The smallest absolute Gasteiger partial charge is 0.158 e. The van der Waals surface area contributed by atoms with E-state index >= 15 is 0 Å². The summed E-state index contributed by atoms with van der Waals surface area (Å²) in [6, 6.07) is 9.78. The van der Waals surface area contributed by atoms with Crippen LogP contribution in [-0.4, -0.2) is 55.8 Å². The van der Waals surface area contributed by atoms with Crippen molar-refractivity contribution in [1.82, 2.24) is 0 Å². The van der Waals surface area contributed by atoms with E-state index < -0.39 is 0 Å². The monoisotopic (exact) mass is 432 g/mol. The first-order chi connectivity index (χ1) is 15.3. The molecule has 31 heavy (non-hydrogen) atoms. The Balaban J connectivity index is 1.36. The standard InChI is InChI=1S/C25H36O6/c26-20-16-19(23(17-20)31-25-11-5-7-15-28-25)12-13-22(30-24-10-4-6-14-27-24)18-29-21-8-2-1-3-9-21/h1-3,8-9,12-13,19-20,22-26H,4-7,10-11,14-18H2. The van der Waals surface area contributed by atoms with Gasteiger partial charge in [-0.15, -0.1) is 0 Å². The summed E-state index contributed by atoms with van der Waals surface area (Å²) in [4.78, 5) is 0. The highest BCUT2D eigenvalue weighted by Crippen LogP contribution is 2.32. The molecule has 1 aromatic carbocycles. The van der Waals surface area contributed by atoms with Crippen LogP contribution in [0.1, 0.15) is 51.4 Å². The summed E-state index contributed by atoms with van der Waals surface area (Å²) >= 11 is 0. The van der Waals surface area contributed by atoms with Crippen LogP contribution in [0.3, 0.4) is 0 Å². The quantitative estimate of drug-likeness (QED) is 0.590. The van der Waals surface area contributed by atoms with Crippen molar-refractivity contribution in [3.8, 4) is 5.75 Å². The van der Waals surface area contributed by atoms with Crippen LogP contribution in [0, 0.1) is 5.92 Å². The summed E-state index contributed by atoms with van der Waals surface area (Å²) in [6.07, 6.45) is 10.9. The van der Waals surface area contributed by atoms with Crippen molar-refractivity contribution in [1.29, 1.82) is 0 Å². The summed E-state index contributed by atoms with van der Waals surface area (Å²) in [5.74, 6) is 0.955. The van der Waals surface area contributed by atoms with E-state index in [0.717, 1.165) is 57.5 Å². The maximum absolute atomic E-state index is 10.2. The SMILES string of the molecule is OC1CC(C=CC(COc2ccccc2)OC2CCCCO2)C(OC2CCCCO2)C1. The molecular weight excluding hydrogens is 396 g/mol. The number of hydrogen-bond donors (Lipinski definition) is 1. The van der Waals surface area contributed by atoms with E-state index in [2.05, 4.69) is 12.2 Å². The molecule has 2 saturated heterocycles. The summed E-state index contributed by atoms with van der Waals surface area (Å²) in [6.45, 7) is 1.91. The van der Waals surface area contributed by atoms with Crippen LogP contribution in [0.5, 0.6) is 5.75 Å². The lowest BCUT2D eigenvalue weighted by Crippen LogP contribution is -2.31. The lowest BCUT2D eigenvalue weighted by atomic mass is 10.0. The first-order valence-corrected chi connectivity index (χ1v) is 11.8. The first kappa shape index (κ1) is 22.7. The molecule has 0 bridgehead atoms. The molecule has 4 rings (SSSR count). The van der Waals surface area contributed by atoms with Crippen molar-refractivity contribution in [2.75, 3.05) is 19.8 Å². The minimum atomic E-state index is -0.343. The molecule has 0 spiro atoms. The fraction of sp³-hybridized carbons (Fsp3) is 0.680. The molecule has 0 radical (unpaired) electrons. The van der Waals surface area contributed by atoms with Crippen LogP contribution in [0.25, 0.3) is 0 Å². The highest BCUT2D eigenvalue weighted by molar-refractivity contribution is 5.21.